The number of aromatic nitrogens is 2. The summed E-state index contributed by atoms with van der Waals surface area (Å²) in [5.41, 5.74) is 12.1. The Bertz CT molecular complexity index is 617. The highest BCUT2D eigenvalue weighted by molar-refractivity contribution is 5.87. The van der Waals surface area contributed by atoms with Gasteiger partial charge in [0.15, 0.2) is 0 Å². The summed E-state index contributed by atoms with van der Waals surface area (Å²) in [7, 11) is 0. The number of carbonyl (C=O) groups excluding carboxylic acids is 3. The lowest BCUT2D eigenvalue weighted by Gasteiger charge is -2.23. The molecule has 0 spiro atoms. The minimum absolute atomic E-state index is 0.0661. The van der Waals surface area contributed by atoms with Gasteiger partial charge in [0.1, 0.15) is 6.04 Å². The molecule has 0 saturated heterocycles. The van der Waals surface area contributed by atoms with Gasteiger partial charge in [-0.15, -0.1) is 0 Å². The molecule has 158 valence electrons. The standard InChI is InChI=1S/C19H34N6O3/c1-4-5-6-16(18(21)27)25-17(26)9-13(7-12(2)3)24-19(28)15(20)8-14-10-22-11-23-14/h10-13,15-16H,4-9,20H2,1-3H3,(H2,21,27)(H,22,23)(H,24,28)(H,25,26)/t13-,15-,16+/m0/s1. The van der Waals surface area contributed by atoms with Crippen molar-refractivity contribution >= 4 is 17.7 Å². The van der Waals surface area contributed by atoms with Gasteiger partial charge in [0.25, 0.3) is 0 Å². The van der Waals surface area contributed by atoms with Crippen LogP contribution in [0.15, 0.2) is 12.5 Å². The van der Waals surface area contributed by atoms with E-state index in [0.29, 0.717) is 19.3 Å². The van der Waals surface area contributed by atoms with Crippen molar-refractivity contribution in [3.8, 4) is 0 Å². The van der Waals surface area contributed by atoms with Gasteiger partial charge in [-0.2, -0.15) is 0 Å². The van der Waals surface area contributed by atoms with Crippen LogP contribution < -0.4 is 22.1 Å². The predicted octanol–water partition coefficient (Wildman–Crippen LogP) is 0.361. The maximum atomic E-state index is 12.4. The third kappa shape index (κ3) is 8.98. The number of nitrogens with two attached hydrogens (primary N) is 2. The van der Waals surface area contributed by atoms with E-state index < -0.39 is 18.0 Å². The number of hydrogen-bond acceptors (Lipinski definition) is 5. The summed E-state index contributed by atoms with van der Waals surface area (Å²) >= 11 is 0. The number of nitrogens with zero attached hydrogens (tertiary/aromatic N) is 1. The molecular weight excluding hydrogens is 360 g/mol. The Balaban J connectivity index is 2.64. The molecule has 9 heteroatoms. The van der Waals surface area contributed by atoms with Gasteiger partial charge in [-0.1, -0.05) is 33.6 Å². The van der Waals surface area contributed by atoms with Gasteiger partial charge in [0, 0.05) is 30.8 Å². The van der Waals surface area contributed by atoms with Crippen molar-refractivity contribution in [1.29, 1.82) is 0 Å². The second-order valence-electron chi connectivity index (χ2n) is 7.59. The Labute approximate surface area is 166 Å². The number of H-pyrrole nitrogens is 1. The van der Waals surface area contributed by atoms with Crippen molar-refractivity contribution in [1.82, 2.24) is 20.6 Å². The van der Waals surface area contributed by atoms with E-state index in [1.807, 2.05) is 20.8 Å². The molecule has 0 aliphatic heterocycles. The third-order valence-electron chi connectivity index (χ3n) is 4.39. The number of carbonyl (C=O) groups is 3. The summed E-state index contributed by atoms with van der Waals surface area (Å²) in [4.78, 5) is 43.2. The first-order chi connectivity index (χ1) is 13.2. The largest absolute Gasteiger partial charge is 0.368 e. The number of hydrogen-bond donors (Lipinski definition) is 5. The fourth-order valence-corrected chi connectivity index (χ4v) is 2.97. The zero-order valence-corrected chi connectivity index (χ0v) is 17.0. The van der Waals surface area contributed by atoms with Crippen LogP contribution in [0.3, 0.4) is 0 Å². The number of amides is 3. The van der Waals surface area contributed by atoms with Gasteiger partial charge in [0.2, 0.25) is 17.7 Å². The van der Waals surface area contributed by atoms with E-state index in [4.69, 9.17) is 11.5 Å². The van der Waals surface area contributed by atoms with Gasteiger partial charge in [-0.3, -0.25) is 14.4 Å². The molecule has 1 heterocycles. The minimum Gasteiger partial charge on any atom is -0.368 e. The van der Waals surface area contributed by atoms with Crippen LogP contribution in [-0.4, -0.2) is 45.8 Å². The van der Waals surface area contributed by atoms with Crippen LogP contribution in [0, 0.1) is 5.92 Å². The molecule has 0 aromatic carbocycles. The Morgan fingerprint density at radius 1 is 1.25 bits per heavy atom. The lowest BCUT2D eigenvalue weighted by atomic mass is 9.99. The van der Waals surface area contributed by atoms with Crippen molar-refractivity contribution in [2.75, 3.05) is 0 Å². The molecule has 0 bridgehead atoms. The summed E-state index contributed by atoms with van der Waals surface area (Å²) < 4.78 is 0. The first-order valence-corrected chi connectivity index (χ1v) is 9.84. The van der Waals surface area contributed by atoms with Crippen LogP contribution in [0.25, 0.3) is 0 Å². The van der Waals surface area contributed by atoms with Crippen LogP contribution in [0.4, 0.5) is 0 Å². The molecule has 1 aromatic rings. The normalized spacial score (nSPS) is 14.3. The second kappa shape index (κ2) is 12.1. The average Bonchev–Trinajstić information content (AvgIpc) is 3.10. The SMILES string of the molecule is CCCC[C@@H](NC(=O)C[C@H](CC(C)C)NC(=O)[C@@H](N)Cc1cnc[nH]1)C(N)=O. The molecule has 0 aliphatic rings. The number of rotatable bonds is 13. The number of imidazole rings is 1. The van der Waals surface area contributed by atoms with Gasteiger partial charge in [-0.05, 0) is 18.8 Å². The van der Waals surface area contributed by atoms with E-state index in [1.54, 1.807) is 6.20 Å². The molecule has 7 N–H and O–H groups in total. The average molecular weight is 395 g/mol. The summed E-state index contributed by atoms with van der Waals surface area (Å²) in [5, 5.41) is 5.55. The van der Waals surface area contributed by atoms with Crippen LogP contribution in [0.5, 0.6) is 0 Å². The minimum atomic E-state index is -0.749. The molecule has 1 aromatic heterocycles. The highest BCUT2D eigenvalue weighted by Crippen LogP contribution is 2.10. The lowest BCUT2D eigenvalue weighted by Crippen LogP contribution is -2.50. The van der Waals surface area contributed by atoms with Crippen molar-refractivity contribution in [3.63, 3.8) is 0 Å². The summed E-state index contributed by atoms with van der Waals surface area (Å²) in [6.45, 7) is 6.02. The number of aromatic amines is 1. The Morgan fingerprint density at radius 2 is 1.96 bits per heavy atom. The van der Waals surface area contributed by atoms with Crippen molar-refractivity contribution in [3.05, 3.63) is 18.2 Å². The van der Waals surface area contributed by atoms with Crippen molar-refractivity contribution in [2.24, 2.45) is 17.4 Å². The van der Waals surface area contributed by atoms with E-state index in [0.717, 1.165) is 18.5 Å². The van der Waals surface area contributed by atoms with E-state index in [2.05, 4.69) is 20.6 Å². The molecule has 0 unspecified atom stereocenters. The monoisotopic (exact) mass is 394 g/mol. The number of unbranched alkanes of at least 4 members (excludes halogenated alkanes) is 1. The first kappa shape index (κ1) is 23.6. The molecule has 28 heavy (non-hydrogen) atoms. The Morgan fingerprint density at radius 3 is 2.50 bits per heavy atom. The molecule has 0 saturated carbocycles. The molecule has 0 fully saturated rings. The quantitative estimate of drug-likeness (QED) is 0.326. The third-order valence-corrected chi connectivity index (χ3v) is 4.39. The van der Waals surface area contributed by atoms with Crippen LogP contribution in [-0.2, 0) is 20.8 Å². The van der Waals surface area contributed by atoms with Crippen molar-refractivity contribution < 1.29 is 14.4 Å². The fourth-order valence-electron chi connectivity index (χ4n) is 2.97. The topological polar surface area (TPSA) is 156 Å². The Kier molecular flexibility index (Phi) is 10.2. The van der Waals surface area contributed by atoms with Gasteiger partial charge in [0.05, 0.1) is 12.4 Å². The van der Waals surface area contributed by atoms with Gasteiger partial charge < -0.3 is 27.1 Å². The van der Waals surface area contributed by atoms with Crippen LogP contribution in [0.2, 0.25) is 0 Å². The Hall–Kier alpha value is -2.42. The van der Waals surface area contributed by atoms with Gasteiger partial charge in [-0.25, -0.2) is 4.98 Å². The molecule has 1 rings (SSSR count). The molecule has 0 radical (unpaired) electrons. The van der Waals surface area contributed by atoms with Crippen molar-refractivity contribution in [2.45, 2.75) is 77.4 Å². The zero-order valence-electron chi connectivity index (χ0n) is 17.0. The summed E-state index contributed by atoms with van der Waals surface area (Å²) in [5.74, 6) is -0.916. The summed E-state index contributed by atoms with van der Waals surface area (Å²) in [6, 6.07) is -1.81. The molecule has 0 aliphatic carbocycles. The highest BCUT2D eigenvalue weighted by Gasteiger charge is 2.24. The predicted molar refractivity (Wildman–Crippen MR) is 107 cm³/mol. The summed E-state index contributed by atoms with van der Waals surface area (Å²) in [6.07, 6.45) is 6.36. The fraction of sp³-hybridized carbons (Fsp3) is 0.684. The van der Waals surface area contributed by atoms with E-state index >= 15 is 0 Å². The molecular formula is C19H34N6O3. The zero-order chi connectivity index (χ0) is 21.1. The van der Waals surface area contributed by atoms with E-state index in [1.165, 1.54) is 6.33 Å². The maximum absolute atomic E-state index is 12.4. The van der Waals surface area contributed by atoms with Gasteiger partial charge >= 0.3 is 0 Å². The molecule has 3 amide bonds. The lowest BCUT2D eigenvalue weighted by molar-refractivity contribution is -0.128. The van der Waals surface area contributed by atoms with Crippen LogP contribution >= 0.6 is 0 Å². The maximum Gasteiger partial charge on any atom is 0.239 e. The first-order valence-electron chi connectivity index (χ1n) is 9.84. The highest BCUT2D eigenvalue weighted by atomic mass is 16.2. The molecule has 3 atom stereocenters. The van der Waals surface area contributed by atoms with E-state index in [9.17, 15) is 14.4 Å². The molecule has 9 nitrogen and oxygen atoms in total. The second-order valence-corrected chi connectivity index (χ2v) is 7.59. The smallest absolute Gasteiger partial charge is 0.239 e. The number of nitrogens with one attached hydrogen (secondary N) is 3. The number of primary amides is 1. The van der Waals surface area contributed by atoms with E-state index in [-0.39, 0.29) is 30.2 Å². The van der Waals surface area contributed by atoms with Crippen LogP contribution in [0.1, 0.15) is 58.6 Å².